The van der Waals surface area contributed by atoms with Crippen LogP contribution in [-0.2, 0) is 6.54 Å². The van der Waals surface area contributed by atoms with Gasteiger partial charge in [0.25, 0.3) is 0 Å². The Kier molecular flexibility index (Phi) is 4.07. The molecule has 19 heavy (non-hydrogen) atoms. The molecular weight excluding hydrogens is 232 g/mol. The third-order valence-corrected chi connectivity index (χ3v) is 4.46. The molecule has 1 atom stereocenters. The van der Waals surface area contributed by atoms with E-state index in [2.05, 4.69) is 41.4 Å². The van der Waals surface area contributed by atoms with E-state index in [0.717, 1.165) is 12.5 Å². The molecule has 1 unspecified atom stereocenters. The zero-order valence-electron chi connectivity index (χ0n) is 12.1. The van der Waals surface area contributed by atoms with E-state index in [1.807, 2.05) is 0 Å². The fourth-order valence-electron chi connectivity index (χ4n) is 3.15. The smallest absolute Gasteiger partial charge is 0.0411 e. The maximum atomic E-state index is 3.71. The summed E-state index contributed by atoms with van der Waals surface area (Å²) in [5, 5.41) is 3.71. The lowest BCUT2D eigenvalue weighted by Gasteiger charge is -2.22. The summed E-state index contributed by atoms with van der Waals surface area (Å²) >= 11 is 0. The molecular formula is C17H26N2. The Morgan fingerprint density at radius 3 is 2.68 bits per heavy atom. The molecule has 1 N–H and O–H groups in total. The summed E-state index contributed by atoms with van der Waals surface area (Å²) in [6, 6.07) is 9.56. The summed E-state index contributed by atoms with van der Waals surface area (Å²) in [6.07, 6.45) is 6.96. The first kappa shape index (κ1) is 13.0. The van der Waals surface area contributed by atoms with Gasteiger partial charge >= 0.3 is 0 Å². The van der Waals surface area contributed by atoms with Crippen LogP contribution in [0.4, 0.5) is 5.69 Å². The Hall–Kier alpha value is -1.02. The molecule has 0 spiro atoms. The number of hydrogen-bond acceptors (Lipinski definition) is 2. The van der Waals surface area contributed by atoms with Crippen molar-refractivity contribution in [1.82, 2.24) is 5.32 Å². The normalized spacial score (nSPS) is 20.8. The summed E-state index contributed by atoms with van der Waals surface area (Å²) in [5.74, 6) is 1.01. The number of anilines is 1. The Morgan fingerprint density at radius 1 is 1.21 bits per heavy atom. The molecule has 0 amide bonds. The molecule has 3 rings (SSSR count). The van der Waals surface area contributed by atoms with Crippen LogP contribution in [0, 0.1) is 5.92 Å². The lowest BCUT2D eigenvalue weighted by molar-refractivity contribution is 0.487. The zero-order valence-corrected chi connectivity index (χ0v) is 12.1. The Labute approximate surface area is 117 Å². The van der Waals surface area contributed by atoms with Crippen LogP contribution < -0.4 is 10.2 Å². The van der Waals surface area contributed by atoms with Crippen LogP contribution >= 0.6 is 0 Å². The van der Waals surface area contributed by atoms with Gasteiger partial charge in [0.05, 0.1) is 0 Å². The number of para-hydroxylation sites is 1. The van der Waals surface area contributed by atoms with E-state index >= 15 is 0 Å². The number of nitrogens with one attached hydrogen (secondary N) is 1. The Bertz CT molecular complexity index is 405. The molecule has 0 radical (unpaired) electrons. The van der Waals surface area contributed by atoms with Crippen LogP contribution in [0.3, 0.4) is 0 Å². The van der Waals surface area contributed by atoms with Crippen LogP contribution in [-0.4, -0.2) is 19.1 Å². The van der Waals surface area contributed by atoms with Crippen LogP contribution in [0.25, 0.3) is 0 Å². The molecule has 2 nitrogen and oxygen atoms in total. The van der Waals surface area contributed by atoms with Gasteiger partial charge in [0, 0.05) is 31.4 Å². The Morgan fingerprint density at radius 2 is 1.95 bits per heavy atom. The van der Waals surface area contributed by atoms with Crippen molar-refractivity contribution in [3.05, 3.63) is 29.8 Å². The summed E-state index contributed by atoms with van der Waals surface area (Å²) < 4.78 is 0. The average molecular weight is 258 g/mol. The zero-order chi connectivity index (χ0) is 13.1. The summed E-state index contributed by atoms with van der Waals surface area (Å²) in [7, 11) is 0. The van der Waals surface area contributed by atoms with Crippen molar-refractivity contribution in [3.8, 4) is 0 Å². The second-order valence-corrected chi connectivity index (χ2v) is 6.28. The van der Waals surface area contributed by atoms with Crippen molar-refractivity contribution in [2.45, 2.75) is 51.6 Å². The van der Waals surface area contributed by atoms with Gasteiger partial charge in [-0.05, 0) is 43.7 Å². The minimum Gasteiger partial charge on any atom is -0.371 e. The first-order chi connectivity index (χ1) is 9.33. The molecule has 1 aliphatic carbocycles. The maximum absolute atomic E-state index is 3.71. The standard InChI is InChI=1S/C17H26N2/c1-14(12-15-8-9-15)18-13-16-6-2-3-7-17(16)19-10-4-5-11-19/h2-3,6-7,14-15,18H,4-5,8-13H2,1H3. The molecule has 0 bridgehead atoms. The second-order valence-electron chi connectivity index (χ2n) is 6.28. The van der Waals surface area contributed by atoms with Crippen LogP contribution in [0.1, 0.15) is 44.6 Å². The highest BCUT2D eigenvalue weighted by molar-refractivity contribution is 5.54. The summed E-state index contributed by atoms with van der Waals surface area (Å²) in [5.41, 5.74) is 2.91. The van der Waals surface area contributed by atoms with E-state index in [1.54, 1.807) is 0 Å². The van der Waals surface area contributed by atoms with Crippen molar-refractivity contribution in [2.24, 2.45) is 5.92 Å². The van der Waals surface area contributed by atoms with E-state index in [4.69, 9.17) is 0 Å². The van der Waals surface area contributed by atoms with E-state index in [1.165, 1.54) is 56.4 Å². The summed E-state index contributed by atoms with van der Waals surface area (Å²) in [4.78, 5) is 2.54. The summed E-state index contributed by atoms with van der Waals surface area (Å²) in [6.45, 7) is 5.81. The van der Waals surface area contributed by atoms with Gasteiger partial charge in [0.2, 0.25) is 0 Å². The molecule has 1 saturated heterocycles. The van der Waals surface area contributed by atoms with Crippen LogP contribution in [0.5, 0.6) is 0 Å². The number of hydrogen-bond donors (Lipinski definition) is 1. The third-order valence-electron chi connectivity index (χ3n) is 4.46. The first-order valence-corrected chi connectivity index (χ1v) is 7.89. The molecule has 2 aliphatic rings. The predicted octanol–water partition coefficient (Wildman–Crippen LogP) is 3.57. The molecule has 0 aromatic heterocycles. The van der Waals surface area contributed by atoms with Crippen molar-refractivity contribution in [1.29, 1.82) is 0 Å². The monoisotopic (exact) mass is 258 g/mol. The van der Waals surface area contributed by atoms with Gasteiger partial charge in [-0.25, -0.2) is 0 Å². The molecule has 2 heteroatoms. The molecule has 1 heterocycles. The van der Waals surface area contributed by atoms with Crippen molar-refractivity contribution >= 4 is 5.69 Å². The van der Waals surface area contributed by atoms with Gasteiger partial charge in [-0.15, -0.1) is 0 Å². The fraction of sp³-hybridized carbons (Fsp3) is 0.647. The largest absolute Gasteiger partial charge is 0.371 e. The first-order valence-electron chi connectivity index (χ1n) is 7.89. The topological polar surface area (TPSA) is 15.3 Å². The number of benzene rings is 1. The van der Waals surface area contributed by atoms with Gasteiger partial charge in [-0.3, -0.25) is 0 Å². The molecule has 1 aromatic rings. The highest BCUT2D eigenvalue weighted by Crippen LogP contribution is 2.33. The highest BCUT2D eigenvalue weighted by atomic mass is 15.1. The van der Waals surface area contributed by atoms with Gasteiger partial charge in [-0.1, -0.05) is 31.0 Å². The van der Waals surface area contributed by atoms with Crippen molar-refractivity contribution in [3.63, 3.8) is 0 Å². The van der Waals surface area contributed by atoms with E-state index in [-0.39, 0.29) is 0 Å². The third kappa shape index (κ3) is 3.50. The van der Waals surface area contributed by atoms with Gasteiger partial charge in [0.1, 0.15) is 0 Å². The molecule has 2 fully saturated rings. The van der Waals surface area contributed by atoms with Crippen molar-refractivity contribution < 1.29 is 0 Å². The predicted molar refractivity (Wildman–Crippen MR) is 81.5 cm³/mol. The number of rotatable bonds is 6. The minimum atomic E-state index is 0.652. The van der Waals surface area contributed by atoms with Crippen LogP contribution in [0.15, 0.2) is 24.3 Å². The maximum Gasteiger partial charge on any atom is 0.0411 e. The van der Waals surface area contributed by atoms with E-state index in [0.29, 0.717) is 6.04 Å². The molecule has 1 aliphatic heterocycles. The average Bonchev–Trinajstić information content (AvgIpc) is 3.07. The lowest BCUT2D eigenvalue weighted by Crippen LogP contribution is -2.27. The van der Waals surface area contributed by atoms with Gasteiger partial charge < -0.3 is 10.2 Å². The SMILES string of the molecule is CC(CC1CC1)NCc1ccccc1N1CCCC1. The number of nitrogens with zero attached hydrogens (tertiary/aromatic N) is 1. The lowest BCUT2D eigenvalue weighted by atomic mass is 10.1. The van der Waals surface area contributed by atoms with E-state index in [9.17, 15) is 0 Å². The molecule has 1 saturated carbocycles. The Balaban J connectivity index is 1.59. The van der Waals surface area contributed by atoms with E-state index < -0.39 is 0 Å². The fourth-order valence-corrected chi connectivity index (χ4v) is 3.15. The van der Waals surface area contributed by atoms with Gasteiger partial charge in [-0.2, -0.15) is 0 Å². The molecule has 1 aromatic carbocycles. The van der Waals surface area contributed by atoms with Crippen LogP contribution in [0.2, 0.25) is 0 Å². The molecule has 104 valence electrons. The highest BCUT2D eigenvalue weighted by Gasteiger charge is 2.23. The second kappa shape index (κ2) is 5.96. The van der Waals surface area contributed by atoms with Gasteiger partial charge in [0.15, 0.2) is 0 Å². The minimum absolute atomic E-state index is 0.652. The quantitative estimate of drug-likeness (QED) is 0.839. The van der Waals surface area contributed by atoms with Crippen molar-refractivity contribution in [2.75, 3.05) is 18.0 Å².